The van der Waals surface area contributed by atoms with Crippen LogP contribution in [0.3, 0.4) is 0 Å². The van der Waals surface area contributed by atoms with Crippen LogP contribution in [-0.2, 0) is 13.9 Å². The molecule has 0 bridgehead atoms. The lowest BCUT2D eigenvalue weighted by molar-refractivity contribution is -0.408. The van der Waals surface area contributed by atoms with E-state index in [1.54, 1.807) is 13.1 Å². The first-order valence-corrected chi connectivity index (χ1v) is 10.2. The number of methoxy groups -OCH3 is 1. The average molecular weight is 384 g/mol. The van der Waals surface area contributed by atoms with Crippen LogP contribution in [0.25, 0.3) is 0 Å². The van der Waals surface area contributed by atoms with Gasteiger partial charge < -0.3 is 13.9 Å². The Hall–Kier alpha value is -0.323. The van der Waals surface area contributed by atoms with Crippen LogP contribution in [0.5, 0.6) is 0 Å². The molecule has 0 saturated carbocycles. The van der Waals surface area contributed by atoms with Gasteiger partial charge in [-0.05, 0) is 18.1 Å². The number of halogens is 6. The van der Waals surface area contributed by atoms with E-state index < -0.39 is 45.6 Å². The molecule has 1 atom stereocenters. The zero-order chi connectivity index (χ0) is 19.6. The second-order valence-corrected chi connectivity index (χ2v) is 12.1. The summed E-state index contributed by atoms with van der Waals surface area (Å²) in [7, 11) is -1.56. The van der Waals surface area contributed by atoms with Crippen LogP contribution < -0.4 is 0 Å². The fourth-order valence-corrected chi connectivity index (χ4v) is 2.94. The van der Waals surface area contributed by atoms with Gasteiger partial charge in [-0.1, -0.05) is 27.7 Å². The van der Waals surface area contributed by atoms with Crippen LogP contribution in [0.15, 0.2) is 0 Å². The molecular weight excluding hydrogens is 358 g/mol. The van der Waals surface area contributed by atoms with Crippen molar-refractivity contribution in [2.45, 2.75) is 63.8 Å². The summed E-state index contributed by atoms with van der Waals surface area (Å²) in [5.41, 5.74) is -4.35. The molecule has 0 rings (SSSR count). The number of rotatable bonds is 7. The van der Waals surface area contributed by atoms with Crippen molar-refractivity contribution in [3.05, 3.63) is 0 Å². The van der Waals surface area contributed by atoms with Crippen molar-refractivity contribution in [2.24, 2.45) is 5.92 Å². The van der Waals surface area contributed by atoms with Gasteiger partial charge in [-0.2, -0.15) is 26.3 Å². The van der Waals surface area contributed by atoms with Crippen LogP contribution in [-0.4, -0.2) is 46.8 Å². The van der Waals surface area contributed by atoms with Crippen LogP contribution >= 0.6 is 0 Å². The maximum atomic E-state index is 13.4. The predicted octanol–water partition coefficient (Wildman–Crippen LogP) is 5.13. The molecule has 0 N–H and O–H groups in total. The van der Waals surface area contributed by atoms with Gasteiger partial charge in [0, 0.05) is 19.6 Å². The van der Waals surface area contributed by atoms with E-state index in [1.807, 2.05) is 20.8 Å². The molecule has 0 fully saturated rings. The van der Waals surface area contributed by atoms with Crippen molar-refractivity contribution < 1.29 is 40.2 Å². The molecule has 10 heteroatoms. The highest BCUT2D eigenvalue weighted by atomic mass is 28.4. The number of hydrogen-bond donors (Lipinski definition) is 0. The first-order chi connectivity index (χ1) is 10.4. The van der Waals surface area contributed by atoms with Gasteiger partial charge in [-0.15, -0.1) is 0 Å². The summed E-state index contributed by atoms with van der Waals surface area (Å²) < 4.78 is 94.1. The van der Waals surface area contributed by atoms with Gasteiger partial charge >= 0.3 is 12.4 Å². The first kappa shape index (κ1) is 23.7. The van der Waals surface area contributed by atoms with Gasteiger partial charge in [0.1, 0.15) is 6.79 Å². The molecule has 0 aliphatic rings. The molecule has 146 valence electrons. The zero-order valence-corrected chi connectivity index (χ0v) is 16.0. The lowest BCUT2D eigenvalue weighted by Gasteiger charge is -2.43. The highest BCUT2D eigenvalue weighted by Crippen LogP contribution is 2.51. The van der Waals surface area contributed by atoms with Crippen molar-refractivity contribution in [2.75, 3.05) is 20.5 Å². The maximum Gasteiger partial charge on any atom is 0.426 e. The Morgan fingerprint density at radius 3 is 1.62 bits per heavy atom. The SMILES string of the molecule is COCOC([C@H](C)CO[Si](C)(C)C(C)(C)C)(C(F)(F)F)C(F)(F)F. The van der Waals surface area contributed by atoms with Gasteiger partial charge in [-0.25, -0.2) is 0 Å². The molecule has 0 amide bonds. The molecule has 3 nitrogen and oxygen atoms in total. The average Bonchev–Trinajstić information content (AvgIpc) is 2.32. The van der Waals surface area contributed by atoms with Crippen LogP contribution in [0, 0.1) is 5.92 Å². The number of hydrogen-bond acceptors (Lipinski definition) is 3. The summed E-state index contributed by atoms with van der Waals surface area (Å²) >= 11 is 0. The van der Waals surface area contributed by atoms with Crippen LogP contribution in [0.4, 0.5) is 26.3 Å². The Balaban J connectivity index is 5.66. The number of ether oxygens (including phenoxy) is 2. The maximum absolute atomic E-state index is 13.4. The third kappa shape index (κ3) is 4.86. The van der Waals surface area contributed by atoms with E-state index in [2.05, 4.69) is 9.47 Å². The molecular formula is C14H26F6O3Si. The second kappa shape index (κ2) is 7.51. The van der Waals surface area contributed by atoms with E-state index in [0.717, 1.165) is 14.0 Å². The Labute approximate surface area is 139 Å². The quantitative estimate of drug-likeness (QED) is 0.346. The van der Waals surface area contributed by atoms with E-state index in [0.29, 0.717) is 0 Å². The molecule has 0 heterocycles. The van der Waals surface area contributed by atoms with Gasteiger partial charge in [-0.3, -0.25) is 0 Å². The van der Waals surface area contributed by atoms with Crippen LogP contribution in [0.2, 0.25) is 18.1 Å². The summed E-state index contributed by atoms with van der Waals surface area (Å²) in [6.07, 6.45) is -11.3. The van der Waals surface area contributed by atoms with Crippen molar-refractivity contribution in [1.29, 1.82) is 0 Å². The highest BCUT2D eigenvalue weighted by Gasteiger charge is 2.74. The number of alkyl halides is 6. The fraction of sp³-hybridized carbons (Fsp3) is 1.00. The molecule has 24 heavy (non-hydrogen) atoms. The minimum absolute atomic E-state index is 0.348. The van der Waals surface area contributed by atoms with Crippen molar-refractivity contribution in [1.82, 2.24) is 0 Å². The van der Waals surface area contributed by atoms with Gasteiger partial charge in [0.15, 0.2) is 8.32 Å². The minimum Gasteiger partial charge on any atom is -0.416 e. The second-order valence-electron chi connectivity index (χ2n) is 7.25. The molecule has 0 saturated heterocycles. The molecule has 0 radical (unpaired) electrons. The van der Waals surface area contributed by atoms with E-state index in [4.69, 9.17) is 4.43 Å². The van der Waals surface area contributed by atoms with Crippen molar-refractivity contribution in [3.8, 4) is 0 Å². The third-order valence-corrected chi connectivity index (χ3v) is 8.94. The fourth-order valence-electron chi connectivity index (χ4n) is 1.84. The lowest BCUT2D eigenvalue weighted by Crippen LogP contribution is -2.64. The Morgan fingerprint density at radius 1 is 0.917 bits per heavy atom. The third-order valence-electron chi connectivity index (χ3n) is 4.44. The summed E-state index contributed by atoms with van der Waals surface area (Å²) in [6.45, 7) is 7.98. The smallest absolute Gasteiger partial charge is 0.416 e. The Kier molecular flexibility index (Phi) is 7.41. The van der Waals surface area contributed by atoms with Crippen LogP contribution in [0.1, 0.15) is 27.7 Å². The highest BCUT2D eigenvalue weighted by molar-refractivity contribution is 6.74. The Morgan fingerprint density at radius 2 is 1.33 bits per heavy atom. The van der Waals surface area contributed by atoms with Crippen molar-refractivity contribution >= 4 is 8.32 Å². The standard InChI is InChI=1S/C14H26F6O3Si/c1-10(8-23-24(6,7)11(2,3)4)12(13(15,16)17,14(18,19)20)22-9-21-5/h10H,8-9H2,1-7H3/t10-/m1/s1. The molecule has 0 aromatic heterocycles. The van der Waals surface area contributed by atoms with E-state index in [9.17, 15) is 26.3 Å². The molecule has 0 spiro atoms. The molecule has 0 aliphatic heterocycles. The minimum atomic E-state index is -5.67. The summed E-state index contributed by atoms with van der Waals surface area (Å²) in [5, 5.41) is -0.348. The van der Waals surface area contributed by atoms with Crippen molar-refractivity contribution in [3.63, 3.8) is 0 Å². The molecule has 0 unspecified atom stereocenters. The summed E-state index contributed by atoms with van der Waals surface area (Å²) in [5.74, 6) is -2.00. The van der Waals surface area contributed by atoms with Gasteiger partial charge in [0.25, 0.3) is 5.60 Å². The molecule has 0 aromatic rings. The van der Waals surface area contributed by atoms with E-state index >= 15 is 0 Å². The van der Waals surface area contributed by atoms with Gasteiger partial charge in [0.05, 0.1) is 0 Å². The Bertz CT molecular complexity index is 387. The topological polar surface area (TPSA) is 27.7 Å². The lowest BCUT2D eigenvalue weighted by atomic mass is 9.87. The largest absolute Gasteiger partial charge is 0.426 e. The van der Waals surface area contributed by atoms with Gasteiger partial charge in [0.2, 0.25) is 0 Å². The zero-order valence-electron chi connectivity index (χ0n) is 15.0. The normalized spacial score (nSPS) is 16.4. The molecule has 0 aliphatic carbocycles. The predicted molar refractivity (Wildman–Crippen MR) is 80.1 cm³/mol. The monoisotopic (exact) mass is 384 g/mol. The first-order valence-electron chi connectivity index (χ1n) is 7.34. The van der Waals surface area contributed by atoms with E-state index in [-0.39, 0.29) is 5.04 Å². The van der Waals surface area contributed by atoms with E-state index in [1.165, 1.54) is 0 Å². The molecule has 0 aromatic carbocycles. The summed E-state index contributed by atoms with van der Waals surface area (Å²) in [6, 6.07) is 0. The summed E-state index contributed by atoms with van der Waals surface area (Å²) in [4.78, 5) is 0.